The number of anilines is 1. The highest BCUT2D eigenvalue weighted by molar-refractivity contribution is 5.93. The zero-order valence-corrected chi connectivity index (χ0v) is 18.2. The molecule has 0 saturated carbocycles. The minimum atomic E-state index is -0.222. The van der Waals surface area contributed by atoms with E-state index in [-0.39, 0.29) is 12.5 Å². The van der Waals surface area contributed by atoms with Crippen LogP contribution in [0.3, 0.4) is 0 Å². The van der Waals surface area contributed by atoms with E-state index < -0.39 is 0 Å². The topological polar surface area (TPSA) is 64.4 Å². The van der Waals surface area contributed by atoms with Crippen molar-refractivity contribution in [2.45, 2.75) is 33.6 Å². The third kappa shape index (κ3) is 4.77. The molecule has 31 heavy (non-hydrogen) atoms. The monoisotopic (exact) mass is 414 g/mol. The molecule has 1 N–H and O–H groups in total. The molecule has 158 valence electrons. The van der Waals surface area contributed by atoms with Gasteiger partial charge in [-0.1, -0.05) is 43.7 Å². The third-order valence-corrected chi connectivity index (χ3v) is 5.23. The maximum Gasteiger partial charge on any atom is 0.262 e. The molecule has 0 aliphatic carbocycles. The van der Waals surface area contributed by atoms with E-state index in [2.05, 4.69) is 36.3 Å². The SMILES string of the molecule is Cc1ccc(OCC(=O)Nc2cc(-c3nc4cc(C(C)C)ccc4o3)ccc2C)cc1. The van der Waals surface area contributed by atoms with Crippen LogP contribution in [0.1, 0.15) is 36.5 Å². The maximum absolute atomic E-state index is 12.4. The number of carbonyl (C=O) groups excluding carboxylic acids is 1. The largest absolute Gasteiger partial charge is 0.484 e. The van der Waals surface area contributed by atoms with Gasteiger partial charge in [-0.3, -0.25) is 4.79 Å². The Balaban J connectivity index is 1.50. The fraction of sp³-hybridized carbons (Fsp3) is 0.231. The number of hydrogen-bond acceptors (Lipinski definition) is 4. The minimum Gasteiger partial charge on any atom is -0.484 e. The molecule has 0 fully saturated rings. The molecule has 4 aromatic rings. The van der Waals surface area contributed by atoms with Crippen LogP contribution in [0, 0.1) is 13.8 Å². The Kier molecular flexibility index (Phi) is 5.76. The van der Waals surface area contributed by atoms with Crippen molar-refractivity contribution < 1.29 is 13.9 Å². The first-order valence-electron chi connectivity index (χ1n) is 10.4. The van der Waals surface area contributed by atoms with Crippen molar-refractivity contribution >= 4 is 22.7 Å². The normalized spacial score (nSPS) is 11.1. The Labute approximate surface area is 182 Å². The van der Waals surface area contributed by atoms with E-state index in [0.717, 1.165) is 27.8 Å². The molecule has 1 amide bonds. The standard InChI is InChI=1S/C26H26N2O3/c1-16(2)19-9-12-24-23(13-19)28-26(31-24)20-8-7-18(4)22(14-20)27-25(29)15-30-21-10-5-17(3)6-11-21/h5-14,16H,15H2,1-4H3,(H,27,29). The lowest BCUT2D eigenvalue weighted by Gasteiger charge is -2.11. The summed E-state index contributed by atoms with van der Waals surface area (Å²) < 4.78 is 11.5. The van der Waals surface area contributed by atoms with Crippen molar-refractivity contribution in [3.63, 3.8) is 0 Å². The fourth-order valence-electron chi connectivity index (χ4n) is 3.29. The molecule has 0 atom stereocenters. The van der Waals surface area contributed by atoms with Crippen LogP contribution < -0.4 is 10.1 Å². The molecule has 0 aliphatic heterocycles. The predicted octanol–water partition coefficient (Wildman–Crippen LogP) is 6.25. The average molecular weight is 415 g/mol. The van der Waals surface area contributed by atoms with Crippen molar-refractivity contribution in [3.8, 4) is 17.2 Å². The summed E-state index contributed by atoms with van der Waals surface area (Å²) in [7, 11) is 0. The number of ether oxygens (including phenoxy) is 1. The van der Waals surface area contributed by atoms with Crippen LogP contribution in [-0.4, -0.2) is 17.5 Å². The fourth-order valence-corrected chi connectivity index (χ4v) is 3.29. The van der Waals surface area contributed by atoms with E-state index in [4.69, 9.17) is 9.15 Å². The molecule has 4 rings (SSSR count). The van der Waals surface area contributed by atoms with Gasteiger partial charge in [0.1, 0.15) is 11.3 Å². The second-order valence-electron chi connectivity index (χ2n) is 8.08. The van der Waals surface area contributed by atoms with Crippen molar-refractivity contribution in [2.75, 3.05) is 11.9 Å². The number of aromatic nitrogens is 1. The molecular weight excluding hydrogens is 388 g/mol. The number of carbonyl (C=O) groups is 1. The molecule has 0 bridgehead atoms. The smallest absolute Gasteiger partial charge is 0.262 e. The molecule has 1 heterocycles. The summed E-state index contributed by atoms with van der Waals surface area (Å²) in [5, 5.41) is 2.93. The average Bonchev–Trinajstić information content (AvgIpc) is 3.18. The van der Waals surface area contributed by atoms with E-state index in [0.29, 0.717) is 23.2 Å². The number of nitrogens with zero attached hydrogens (tertiary/aromatic N) is 1. The van der Waals surface area contributed by atoms with Gasteiger partial charge >= 0.3 is 0 Å². The summed E-state index contributed by atoms with van der Waals surface area (Å²) in [4.78, 5) is 17.1. The van der Waals surface area contributed by atoms with Gasteiger partial charge in [0, 0.05) is 11.3 Å². The number of oxazole rings is 1. The predicted molar refractivity (Wildman–Crippen MR) is 124 cm³/mol. The Bertz CT molecular complexity index is 1220. The van der Waals surface area contributed by atoms with Gasteiger partial charge in [0.15, 0.2) is 12.2 Å². The minimum absolute atomic E-state index is 0.0619. The number of hydrogen-bond donors (Lipinski definition) is 1. The number of nitrogens with one attached hydrogen (secondary N) is 1. The molecule has 0 spiro atoms. The summed E-state index contributed by atoms with van der Waals surface area (Å²) in [5.74, 6) is 1.40. The van der Waals surface area contributed by atoms with Crippen LogP contribution in [-0.2, 0) is 4.79 Å². The molecule has 5 heteroatoms. The molecular formula is C26H26N2O3. The zero-order chi connectivity index (χ0) is 22.0. The second kappa shape index (κ2) is 8.64. The molecule has 0 radical (unpaired) electrons. The first kappa shape index (κ1) is 20.7. The van der Waals surface area contributed by atoms with Crippen LogP contribution in [0.5, 0.6) is 5.75 Å². The van der Waals surface area contributed by atoms with Gasteiger partial charge in [0.2, 0.25) is 5.89 Å². The van der Waals surface area contributed by atoms with Crippen LogP contribution in [0.2, 0.25) is 0 Å². The Morgan fingerprint density at radius 1 is 1.03 bits per heavy atom. The molecule has 0 unspecified atom stereocenters. The second-order valence-corrected chi connectivity index (χ2v) is 8.08. The summed E-state index contributed by atoms with van der Waals surface area (Å²) in [6.45, 7) is 8.19. The van der Waals surface area contributed by atoms with Crippen LogP contribution in [0.25, 0.3) is 22.6 Å². The highest BCUT2D eigenvalue weighted by Gasteiger charge is 2.13. The number of amides is 1. The van der Waals surface area contributed by atoms with Crippen molar-refractivity contribution in [3.05, 3.63) is 77.4 Å². The number of fused-ring (bicyclic) bond motifs is 1. The Morgan fingerprint density at radius 2 is 1.81 bits per heavy atom. The van der Waals surface area contributed by atoms with Gasteiger partial charge in [-0.15, -0.1) is 0 Å². The Morgan fingerprint density at radius 3 is 2.55 bits per heavy atom. The molecule has 0 saturated heterocycles. The van der Waals surface area contributed by atoms with Gasteiger partial charge in [-0.2, -0.15) is 0 Å². The van der Waals surface area contributed by atoms with Gasteiger partial charge in [0.25, 0.3) is 5.91 Å². The van der Waals surface area contributed by atoms with E-state index in [1.54, 1.807) is 0 Å². The van der Waals surface area contributed by atoms with E-state index in [1.165, 1.54) is 5.56 Å². The number of rotatable bonds is 6. The van der Waals surface area contributed by atoms with Crippen LogP contribution >= 0.6 is 0 Å². The number of aryl methyl sites for hydroxylation is 2. The molecule has 1 aromatic heterocycles. The lowest BCUT2D eigenvalue weighted by atomic mass is 10.0. The van der Waals surface area contributed by atoms with Gasteiger partial charge in [-0.25, -0.2) is 4.98 Å². The van der Waals surface area contributed by atoms with Crippen molar-refractivity contribution in [1.29, 1.82) is 0 Å². The lowest BCUT2D eigenvalue weighted by Crippen LogP contribution is -2.20. The Hall–Kier alpha value is -3.60. The summed E-state index contributed by atoms with van der Waals surface area (Å²) in [5.41, 5.74) is 6.41. The number of benzene rings is 3. The first-order chi connectivity index (χ1) is 14.9. The van der Waals surface area contributed by atoms with E-state index in [9.17, 15) is 4.79 Å². The van der Waals surface area contributed by atoms with Crippen LogP contribution in [0.4, 0.5) is 5.69 Å². The summed E-state index contributed by atoms with van der Waals surface area (Å²) >= 11 is 0. The third-order valence-electron chi connectivity index (χ3n) is 5.23. The lowest BCUT2D eigenvalue weighted by molar-refractivity contribution is -0.118. The van der Waals surface area contributed by atoms with Gasteiger partial charge in [-0.05, 0) is 67.3 Å². The highest BCUT2D eigenvalue weighted by Crippen LogP contribution is 2.29. The summed E-state index contributed by atoms with van der Waals surface area (Å²) in [6.07, 6.45) is 0. The molecule has 0 aliphatic rings. The van der Waals surface area contributed by atoms with Gasteiger partial charge in [0.05, 0.1) is 0 Å². The summed E-state index contributed by atoms with van der Waals surface area (Å²) in [6, 6.07) is 19.5. The van der Waals surface area contributed by atoms with E-state index >= 15 is 0 Å². The highest BCUT2D eigenvalue weighted by atomic mass is 16.5. The van der Waals surface area contributed by atoms with Crippen LogP contribution in [0.15, 0.2) is 65.1 Å². The van der Waals surface area contributed by atoms with Crippen molar-refractivity contribution in [2.24, 2.45) is 0 Å². The van der Waals surface area contributed by atoms with Crippen molar-refractivity contribution in [1.82, 2.24) is 4.98 Å². The van der Waals surface area contributed by atoms with Gasteiger partial charge < -0.3 is 14.5 Å². The maximum atomic E-state index is 12.4. The quantitative estimate of drug-likeness (QED) is 0.405. The molecule has 3 aromatic carbocycles. The van der Waals surface area contributed by atoms with E-state index in [1.807, 2.05) is 62.4 Å². The first-order valence-corrected chi connectivity index (χ1v) is 10.4. The molecule has 5 nitrogen and oxygen atoms in total. The zero-order valence-electron chi connectivity index (χ0n) is 18.2.